The lowest BCUT2D eigenvalue weighted by molar-refractivity contribution is -0.117. The molecule has 12 heteroatoms. The molecule has 0 bridgehead atoms. The minimum atomic E-state index is -1.39. The van der Waals surface area contributed by atoms with Gasteiger partial charge in [0.1, 0.15) is 10.0 Å². The third kappa shape index (κ3) is 5.29. The number of carbonyl (C=O) groups excluding carboxylic acids is 2. The van der Waals surface area contributed by atoms with Crippen LogP contribution >= 0.6 is 58.0 Å². The Bertz CT molecular complexity index is 1330. The lowest BCUT2D eigenvalue weighted by Gasteiger charge is -2.11. The van der Waals surface area contributed by atoms with Gasteiger partial charge in [0.15, 0.2) is 11.6 Å². The van der Waals surface area contributed by atoms with Crippen LogP contribution in [0.5, 0.6) is 0 Å². The first kappa shape index (κ1) is 25.8. The molecule has 0 saturated heterocycles. The first-order valence-electron chi connectivity index (χ1n) is 9.88. The topological polar surface area (TPSA) is 84.2 Å². The number of benzene rings is 3. The highest BCUT2D eigenvalue weighted by molar-refractivity contribution is 6.53. The van der Waals surface area contributed by atoms with Crippen LogP contribution in [-0.4, -0.2) is 16.1 Å². The monoisotopic (exact) mass is 577 g/mol. The van der Waals surface area contributed by atoms with Gasteiger partial charge in [-0.15, -0.1) is 23.2 Å². The van der Waals surface area contributed by atoms with Crippen molar-refractivity contribution < 1.29 is 18.4 Å². The van der Waals surface area contributed by atoms with Crippen molar-refractivity contribution in [2.24, 2.45) is 5.92 Å². The van der Waals surface area contributed by atoms with Crippen molar-refractivity contribution in [1.82, 2.24) is 0 Å². The van der Waals surface area contributed by atoms with Gasteiger partial charge in [-0.25, -0.2) is 8.78 Å². The zero-order valence-electron chi connectivity index (χ0n) is 17.3. The second kappa shape index (κ2) is 9.64. The van der Waals surface area contributed by atoms with Gasteiger partial charge in [0.2, 0.25) is 5.91 Å². The summed E-state index contributed by atoms with van der Waals surface area (Å²) in [6.45, 7) is 0. The van der Waals surface area contributed by atoms with E-state index in [1.54, 1.807) is 18.2 Å². The summed E-state index contributed by atoms with van der Waals surface area (Å²) in [7, 11) is 0. The summed E-state index contributed by atoms with van der Waals surface area (Å²) in [6.07, 6.45) is 0. The first-order chi connectivity index (χ1) is 16.4. The van der Waals surface area contributed by atoms with Crippen LogP contribution in [-0.2, 0) is 4.79 Å². The molecular formula is C23H14Cl5F2N3O2. The number of hydrogen-bond donors (Lipinski definition) is 3. The highest BCUT2D eigenvalue weighted by Crippen LogP contribution is 2.65. The molecule has 182 valence electrons. The molecule has 0 unspecified atom stereocenters. The van der Waals surface area contributed by atoms with Gasteiger partial charge < -0.3 is 16.4 Å². The molecule has 0 heterocycles. The average Bonchev–Trinajstić information content (AvgIpc) is 3.34. The summed E-state index contributed by atoms with van der Waals surface area (Å²) >= 11 is 31.0. The Labute approximate surface area is 223 Å². The minimum Gasteiger partial charge on any atom is -0.394 e. The molecular weight excluding hydrogens is 566 g/mol. The van der Waals surface area contributed by atoms with E-state index in [4.69, 9.17) is 63.7 Å². The maximum Gasteiger partial charge on any atom is 0.257 e. The molecule has 5 nitrogen and oxygen atoms in total. The molecule has 1 fully saturated rings. The maximum atomic E-state index is 13.7. The number of hydrogen-bond acceptors (Lipinski definition) is 3. The van der Waals surface area contributed by atoms with Crippen molar-refractivity contribution in [3.8, 4) is 0 Å². The predicted octanol–water partition coefficient (Wildman–Crippen LogP) is 7.29. The molecule has 1 saturated carbocycles. The fraction of sp³-hybridized carbons (Fsp3) is 0.130. The Hall–Kier alpha value is -2.29. The highest BCUT2D eigenvalue weighted by atomic mass is 35.5. The van der Waals surface area contributed by atoms with E-state index in [1.165, 1.54) is 18.2 Å². The number of nitrogen functional groups attached to an aromatic ring is 1. The number of rotatable bonds is 5. The van der Waals surface area contributed by atoms with Gasteiger partial charge in [-0.3, -0.25) is 9.59 Å². The van der Waals surface area contributed by atoms with Crippen molar-refractivity contribution in [3.63, 3.8) is 0 Å². The molecule has 2 amide bonds. The zero-order chi connectivity index (χ0) is 25.7. The molecule has 0 aliphatic heterocycles. The van der Waals surface area contributed by atoms with Crippen LogP contribution in [0.4, 0.5) is 25.8 Å². The number of alkyl halides is 2. The molecule has 3 aromatic rings. The summed E-state index contributed by atoms with van der Waals surface area (Å²) in [5, 5.41) is 5.77. The Balaban J connectivity index is 1.52. The van der Waals surface area contributed by atoms with Crippen molar-refractivity contribution in [3.05, 3.63) is 86.4 Å². The van der Waals surface area contributed by atoms with Crippen molar-refractivity contribution >= 4 is 86.9 Å². The van der Waals surface area contributed by atoms with Gasteiger partial charge in [-0.1, -0.05) is 34.8 Å². The lowest BCUT2D eigenvalue weighted by atomic mass is 10.1. The van der Waals surface area contributed by atoms with Crippen LogP contribution in [0, 0.1) is 17.6 Å². The highest BCUT2D eigenvalue weighted by Gasteiger charge is 2.67. The standard InChI is InChI=1S/C23H14Cl5F2N3O2/c24-10-3-9(4-11(25)5-10)18-19(23(18,27)28)22(35)32-12-1-2-15(26)14(6-12)21(34)33-13-7-16(29)20(31)17(30)8-13/h1-8,18-19H,31H2,(H,32,35)(H,33,34)/t18-,19+/m0/s1. The number of carbonyl (C=O) groups is 2. The van der Waals surface area contributed by atoms with Gasteiger partial charge in [-0.2, -0.15) is 0 Å². The number of halogens is 7. The largest absolute Gasteiger partial charge is 0.394 e. The first-order valence-corrected chi connectivity index (χ1v) is 11.8. The third-order valence-electron chi connectivity index (χ3n) is 5.40. The number of anilines is 3. The van der Waals surface area contributed by atoms with Gasteiger partial charge in [0, 0.05) is 27.3 Å². The van der Waals surface area contributed by atoms with Crippen molar-refractivity contribution in [2.75, 3.05) is 16.4 Å². The summed E-state index contributed by atoms with van der Waals surface area (Å²) in [5.74, 6) is -4.72. The molecule has 4 rings (SSSR count). The van der Waals surface area contributed by atoms with Crippen molar-refractivity contribution in [1.29, 1.82) is 0 Å². The maximum absolute atomic E-state index is 13.7. The molecule has 4 N–H and O–H groups in total. The molecule has 1 aliphatic rings. The summed E-state index contributed by atoms with van der Waals surface area (Å²) in [4.78, 5) is 25.6. The van der Waals surface area contributed by atoms with E-state index >= 15 is 0 Å². The lowest BCUT2D eigenvalue weighted by Crippen LogP contribution is -2.18. The van der Waals surface area contributed by atoms with Crippen LogP contribution < -0.4 is 16.4 Å². The van der Waals surface area contributed by atoms with Crippen LogP contribution in [0.1, 0.15) is 21.8 Å². The predicted molar refractivity (Wildman–Crippen MR) is 136 cm³/mol. The van der Waals surface area contributed by atoms with Gasteiger partial charge >= 0.3 is 0 Å². The van der Waals surface area contributed by atoms with Gasteiger partial charge in [-0.05, 0) is 54.1 Å². The molecule has 3 aromatic carbocycles. The van der Waals surface area contributed by atoms with Crippen LogP contribution in [0.2, 0.25) is 15.1 Å². The van der Waals surface area contributed by atoms with Crippen LogP contribution in [0.3, 0.4) is 0 Å². The minimum absolute atomic E-state index is 0.0405. The molecule has 0 spiro atoms. The van der Waals surface area contributed by atoms with E-state index in [1.807, 2.05) is 0 Å². The van der Waals surface area contributed by atoms with Crippen LogP contribution in [0.25, 0.3) is 0 Å². The molecule has 1 aliphatic carbocycles. The summed E-state index contributed by atoms with van der Waals surface area (Å²) in [6, 6.07) is 10.7. The zero-order valence-corrected chi connectivity index (χ0v) is 21.1. The number of nitrogens with one attached hydrogen (secondary N) is 2. The average molecular weight is 580 g/mol. The molecule has 0 radical (unpaired) electrons. The molecule has 35 heavy (non-hydrogen) atoms. The Kier molecular flexibility index (Phi) is 7.10. The Morgan fingerprint density at radius 2 is 1.46 bits per heavy atom. The number of amides is 2. The van der Waals surface area contributed by atoms with E-state index in [0.717, 1.165) is 12.1 Å². The second-order valence-corrected chi connectivity index (χ2v) is 10.5. The van der Waals surface area contributed by atoms with Crippen molar-refractivity contribution in [2.45, 2.75) is 10.3 Å². The summed E-state index contributed by atoms with van der Waals surface area (Å²) < 4.78 is 26.0. The van der Waals surface area contributed by atoms with E-state index < -0.39 is 45.3 Å². The molecule has 0 aromatic heterocycles. The third-order valence-corrected chi connectivity index (χ3v) is 7.10. The van der Waals surface area contributed by atoms with E-state index in [2.05, 4.69) is 10.6 Å². The smallest absolute Gasteiger partial charge is 0.257 e. The molecule has 2 atom stereocenters. The second-order valence-electron chi connectivity index (χ2n) is 7.82. The SMILES string of the molecule is Nc1c(F)cc(NC(=O)c2cc(NC(=O)[C@H]3[C@H](c4cc(Cl)cc(Cl)c4)C3(Cl)Cl)ccc2Cl)cc1F. The fourth-order valence-corrected chi connectivity index (χ4v) is 5.25. The quantitative estimate of drug-likeness (QED) is 0.219. The van der Waals surface area contributed by atoms with Gasteiger partial charge in [0.05, 0.1) is 16.5 Å². The normalized spacial score (nSPS) is 18.1. The Morgan fingerprint density at radius 3 is 2.06 bits per heavy atom. The van der Waals surface area contributed by atoms with E-state index in [0.29, 0.717) is 15.6 Å². The Morgan fingerprint density at radius 1 is 0.857 bits per heavy atom. The van der Waals surface area contributed by atoms with Gasteiger partial charge in [0.25, 0.3) is 5.91 Å². The fourth-order valence-electron chi connectivity index (χ4n) is 3.67. The van der Waals surface area contributed by atoms with E-state index in [-0.39, 0.29) is 22.0 Å². The number of nitrogens with two attached hydrogens (primary N) is 1. The van der Waals surface area contributed by atoms with E-state index in [9.17, 15) is 18.4 Å². The summed E-state index contributed by atoms with van der Waals surface area (Å²) in [5.41, 5.74) is 5.17. The van der Waals surface area contributed by atoms with Crippen LogP contribution in [0.15, 0.2) is 48.5 Å².